The first-order chi connectivity index (χ1) is 6.29. The molecule has 0 amide bonds. The van der Waals surface area contributed by atoms with Crippen LogP contribution in [0.5, 0.6) is 0 Å². The zero-order valence-electron chi connectivity index (χ0n) is 7.45. The third-order valence-electron chi connectivity index (χ3n) is 2.16. The Labute approximate surface area is 77.0 Å². The fourth-order valence-electron chi connectivity index (χ4n) is 1.35. The fraction of sp³-hybridized carbons (Fsp3) is 0.0909. The highest BCUT2D eigenvalue weighted by Gasteiger charge is 2.05. The molecule has 0 spiro atoms. The van der Waals surface area contributed by atoms with Crippen LogP contribution in [0, 0.1) is 6.92 Å². The normalized spacial score (nSPS) is 10.2. The summed E-state index contributed by atoms with van der Waals surface area (Å²) >= 11 is 0. The molecule has 2 heteroatoms. The Bertz CT molecular complexity index is 404. The van der Waals surface area contributed by atoms with Gasteiger partial charge < -0.3 is 10.2 Å². The van der Waals surface area contributed by atoms with Crippen molar-refractivity contribution in [2.45, 2.75) is 6.92 Å². The Hall–Kier alpha value is -1.70. The molecule has 13 heavy (non-hydrogen) atoms. The summed E-state index contributed by atoms with van der Waals surface area (Å²) in [4.78, 5) is 0. The van der Waals surface area contributed by atoms with E-state index in [-0.39, 0.29) is 0 Å². The van der Waals surface area contributed by atoms with E-state index in [2.05, 4.69) is 0 Å². The number of hydrogen-bond acceptors (Lipinski definition) is 2. The smallest absolute Gasteiger partial charge is 0.134 e. The first-order valence-corrected chi connectivity index (χ1v) is 4.18. The topological polar surface area (TPSA) is 39.2 Å². The summed E-state index contributed by atoms with van der Waals surface area (Å²) in [5.41, 5.74) is 8.71. The Morgan fingerprint density at radius 1 is 1.15 bits per heavy atom. The summed E-state index contributed by atoms with van der Waals surface area (Å²) in [6.45, 7) is 1.99. The Balaban J connectivity index is 2.59. The number of anilines is 1. The summed E-state index contributed by atoms with van der Waals surface area (Å²) in [5, 5.41) is 0. The van der Waals surface area contributed by atoms with Gasteiger partial charge in [-0.1, -0.05) is 12.1 Å². The van der Waals surface area contributed by atoms with Crippen LogP contribution in [-0.2, 0) is 0 Å². The van der Waals surface area contributed by atoms with E-state index >= 15 is 0 Å². The molecule has 0 atom stereocenters. The first-order valence-electron chi connectivity index (χ1n) is 4.18. The van der Waals surface area contributed by atoms with Crippen molar-refractivity contribution >= 4 is 5.69 Å². The number of rotatable bonds is 1. The van der Waals surface area contributed by atoms with Gasteiger partial charge in [0.25, 0.3) is 0 Å². The van der Waals surface area contributed by atoms with Crippen molar-refractivity contribution in [3.8, 4) is 11.3 Å². The van der Waals surface area contributed by atoms with Crippen LogP contribution in [0.4, 0.5) is 5.69 Å². The van der Waals surface area contributed by atoms with E-state index in [9.17, 15) is 0 Å². The van der Waals surface area contributed by atoms with Gasteiger partial charge in [-0.3, -0.25) is 0 Å². The highest BCUT2D eigenvalue weighted by molar-refractivity contribution is 5.68. The average Bonchev–Trinajstić information content (AvgIpc) is 2.62. The molecule has 0 aliphatic heterocycles. The highest BCUT2D eigenvalue weighted by atomic mass is 16.3. The number of nitrogen functional groups attached to an aromatic ring is 1. The molecule has 2 rings (SSSR count). The average molecular weight is 173 g/mol. The molecule has 1 aromatic carbocycles. The maximum absolute atomic E-state index is 5.79. The first kappa shape index (κ1) is 7.92. The third-order valence-corrected chi connectivity index (χ3v) is 2.16. The van der Waals surface area contributed by atoms with Crippen LogP contribution in [0.1, 0.15) is 5.56 Å². The molecular weight excluding hydrogens is 162 g/mol. The molecule has 2 nitrogen and oxygen atoms in total. The quantitative estimate of drug-likeness (QED) is 0.673. The molecule has 0 aliphatic carbocycles. The molecular formula is C11H11NO. The predicted octanol–water partition coefficient (Wildman–Crippen LogP) is 2.84. The minimum absolute atomic E-state index is 0.800. The lowest BCUT2D eigenvalue weighted by atomic mass is 10.1. The standard InChI is InChI=1S/C11H11NO/c1-8-9(4-2-5-10(8)12)11-6-3-7-13-11/h2-7H,12H2,1H3. The van der Waals surface area contributed by atoms with E-state index in [4.69, 9.17) is 10.2 Å². The zero-order chi connectivity index (χ0) is 9.26. The van der Waals surface area contributed by atoms with Crippen molar-refractivity contribution in [1.82, 2.24) is 0 Å². The highest BCUT2D eigenvalue weighted by Crippen LogP contribution is 2.26. The van der Waals surface area contributed by atoms with Crippen molar-refractivity contribution < 1.29 is 4.42 Å². The lowest BCUT2D eigenvalue weighted by Crippen LogP contribution is -1.90. The molecule has 1 heterocycles. The molecule has 0 aliphatic rings. The Morgan fingerprint density at radius 2 is 2.00 bits per heavy atom. The van der Waals surface area contributed by atoms with Gasteiger partial charge >= 0.3 is 0 Å². The lowest BCUT2D eigenvalue weighted by Gasteiger charge is -2.04. The molecule has 0 bridgehead atoms. The van der Waals surface area contributed by atoms with E-state index in [0.717, 1.165) is 22.6 Å². The van der Waals surface area contributed by atoms with Crippen LogP contribution >= 0.6 is 0 Å². The van der Waals surface area contributed by atoms with Crippen LogP contribution in [0.3, 0.4) is 0 Å². The van der Waals surface area contributed by atoms with Crippen molar-refractivity contribution in [3.63, 3.8) is 0 Å². The van der Waals surface area contributed by atoms with E-state index in [1.807, 2.05) is 37.3 Å². The predicted molar refractivity (Wildman–Crippen MR) is 53.3 cm³/mol. The minimum Gasteiger partial charge on any atom is -0.464 e. The number of nitrogens with two attached hydrogens (primary N) is 1. The van der Waals surface area contributed by atoms with E-state index in [0.29, 0.717) is 0 Å². The molecule has 0 saturated heterocycles. The van der Waals surface area contributed by atoms with Crippen LogP contribution in [-0.4, -0.2) is 0 Å². The molecule has 0 fully saturated rings. The Morgan fingerprint density at radius 3 is 2.69 bits per heavy atom. The number of benzene rings is 1. The molecule has 0 unspecified atom stereocenters. The summed E-state index contributed by atoms with van der Waals surface area (Å²) in [6, 6.07) is 9.63. The zero-order valence-corrected chi connectivity index (χ0v) is 7.45. The third kappa shape index (κ3) is 1.31. The second kappa shape index (κ2) is 2.98. The van der Waals surface area contributed by atoms with Gasteiger partial charge in [-0.15, -0.1) is 0 Å². The van der Waals surface area contributed by atoms with E-state index < -0.39 is 0 Å². The van der Waals surface area contributed by atoms with Gasteiger partial charge in [0.15, 0.2) is 0 Å². The second-order valence-electron chi connectivity index (χ2n) is 3.00. The second-order valence-corrected chi connectivity index (χ2v) is 3.00. The SMILES string of the molecule is Cc1c(N)cccc1-c1ccco1. The monoisotopic (exact) mass is 173 g/mol. The molecule has 66 valence electrons. The summed E-state index contributed by atoms with van der Waals surface area (Å²) in [6.07, 6.45) is 1.66. The molecule has 0 saturated carbocycles. The summed E-state index contributed by atoms with van der Waals surface area (Å²) in [7, 11) is 0. The van der Waals surface area contributed by atoms with Crippen LogP contribution in [0.2, 0.25) is 0 Å². The Kier molecular flexibility index (Phi) is 1.81. The number of hydrogen-bond donors (Lipinski definition) is 1. The van der Waals surface area contributed by atoms with Crippen molar-refractivity contribution in [2.75, 3.05) is 5.73 Å². The summed E-state index contributed by atoms with van der Waals surface area (Å²) < 4.78 is 5.30. The van der Waals surface area contributed by atoms with Crippen molar-refractivity contribution in [3.05, 3.63) is 42.2 Å². The van der Waals surface area contributed by atoms with Crippen molar-refractivity contribution in [2.24, 2.45) is 0 Å². The summed E-state index contributed by atoms with van der Waals surface area (Å²) in [5.74, 6) is 0.866. The molecule has 2 N–H and O–H groups in total. The van der Waals surface area contributed by atoms with Crippen LogP contribution in [0.25, 0.3) is 11.3 Å². The van der Waals surface area contributed by atoms with E-state index in [1.165, 1.54) is 0 Å². The maximum Gasteiger partial charge on any atom is 0.134 e. The van der Waals surface area contributed by atoms with Gasteiger partial charge in [0, 0.05) is 11.3 Å². The fourth-order valence-corrected chi connectivity index (χ4v) is 1.35. The lowest BCUT2D eigenvalue weighted by molar-refractivity contribution is 0.582. The maximum atomic E-state index is 5.79. The molecule has 2 aromatic rings. The van der Waals surface area contributed by atoms with Crippen LogP contribution < -0.4 is 5.73 Å². The number of furan rings is 1. The van der Waals surface area contributed by atoms with Crippen molar-refractivity contribution in [1.29, 1.82) is 0 Å². The minimum atomic E-state index is 0.800. The largest absolute Gasteiger partial charge is 0.464 e. The van der Waals surface area contributed by atoms with Gasteiger partial charge in [0.1, 0.15) is 5.76 Å². The molecule has 0 radical (unpaired) electrons. The van der Waals surface area contributed by atoms with E-state index in [1.54, 1.807) is 6.26 Å². The van der Waals surface area contributed by atoms with Gasteiger partial charge in [0.05, 0.1) is 6.26 Å². The van der Waals surface area contributed by atoms with Gasteiger partial charge in [-0.25, -0.2) is 0 Å². The van der Waals surface area contributed by atoms with Crippen LogP contribution in [0.15, 0.2) is 41.0 Å². The van der Waals surface area contributed by atoms with Gasteiger partial charge in [-0.05, 0) is 30.7 Å². The van der Waals surface area contributed by atoms with Gasteiger partial charge in [0.2, 0.25) is 0 Å². The van der Waals surface area contributed by atoms with Gasteiger partial charge in [-0.2, -0.15) is 0 Å². The molecule has 1 aromatic heterocycles.